The summed E-state index contributed by atoms with van der Waals surface area (Å²) >= 11 is 3.22. The second-order valence-corrected chi connectivity index (χ2v) is 7.04. The number of alkyl halides is 1. The summed E-state index contributed by atoms with van der Waals surface area (Å²) in [6.45, 7) is 1.35. The van der Waals surface area contributed by atoms with Crippen LogP contribution in [-0.4, -0.2) is 50.4 Å². The molecule has 0 saturated carbocycles. The van der Waals surface area contributed by atoms with E-state index in [1.54, 1.807) is 0 Å². The Kier molecular flexibility index (Phi) is 6.43. The summed E-state index contributed by atoms with van der Waals surface area (Å²) in [7, 11) is -3.23. The molecule has 1 aliphatic rings. The lowest BCUT2D eigenvalue weighted by Crippen LogP contribution is -2.43. The standard InChI is InChI=1S/C10H18BrNO4S/c11-4-6-16-7-5-12-10(13)9-3-1-2-8-17(9,14)15/h9H,1-8H2,(H,12,13). The van der Waals surface area contributed by atoms with Crippen molar-refractivity contribution < 1.29 is 17.9 Å². The van der Waals surface area contributed by atoms with Gasteiger partial charge in [0.2, 0.25) is 5.91 Å². The van der Waals surface area contributed by atoms with Crippen molar-refractivity contribution in [1.82, 2.24) is 5.32 Å². The fraction of sp³-hybridized carbons (Fsp3) is 0.900. The first-order valence-corrected chi connectivity index (χ1v) is 8.54. The number of carbonyl (C=O) groups is 1. The molecule has 1 rings (SSSR count). The van der Waals surface area contributed by atoms with Gasteiger partial charge in [-0.3, -0.25) is 4.79 Å². The fourth-order valence-electron chi connectivity index (χ4n) is 1.77. The van der Waals surface area contributed by atoms with Crippen LogP contribution in [0.1, 0.15) is 19.3 Å². The van der Waals surface area contributed by atoms with Crippen molar-refractivity contribution in [3.63, 3.8) is 0 Å². The molecule has 0 aromatic rings. The van der Waals surface area contributed by atoms with Crippen molar-refractivity contribution in [3.8, 4) is 0 Å². The summed E-state index contributed by atoms with van der Waals surface area (Å²) < 4.78 is 28.5. The number of nitrogens with one attached hydrogen (secondary N) is 1. The summed E-state index contributed by atoms with van der Waals surface area (Å²) in [5.41, 5.74) is 0. The van der Waals surface area contributed by atoms with E-state index in [2.05, 4.69) is 21.2 Å². The molecule has 0 radical (unpaired) electrons. The quantitative estimate of drug-likeness (QED) is 0.569. The maximum absolute atomic E-state index is 11.7. The molecule has 17 heavy (non-hydrogen) atoms. The Morgan fingerprint density at radius 1 is 1.35 bits per heavy atom. The molecular formula is C10H18BrNO4S. The zero-order chi connectivity index (χ0) is 12.7. The van der Waals surface area contributed by atoms with Crippen LogP contribution >= 0.6 is 15.9 Å². The normalized spacial score (nSPS) is 23.2. The van der Waals surface area contributed by atoms with E-state index in [4.69, 9.17) is 4.74 Å². The number of sulfone groups is 1. The van der Waals surface area contributed by atoms with Gasteiger partial charge in [-0.25, -0.2) is 8.42 Å². The molecule has 1 unspecified atom stereocenters. The molecule has 0 aliphatic carbocycles. The number of amides is 1. The van der Waals surface area contributed by atoms with Gasteiger partial charge >= 0.3 is 0 Å². The summed E-state index contributed by atoms with van der Waals surface area (Å²) in [5.74, 6) is -0.252. The van der Waals surface area contributed by atoms with Gasteiger partial charge in [0.25, 0.3) is 0 Å². The number of ether oxygens (including phenoxy) is 1. The molecule has 0 aromatic heterocycles. The van der Waals surface area contributed by atoms with Gasteiger partial charge in [-0.05, 0) is 12.8 Å². The summed E-state index contributed by atoms with van der Waals surface area (Å²) in [4.78, 5) is 11.7. The van der Waals surface area contributed by atoms with E-state index in [1.807, 2.05) is 0 Å². The Balaban J connectivity index is 2.31. The highest BCUT2D eigenvalue weighted by molar-refractivity contribution is 9.09. The van der Waals surface area contributed by atoms with Gasteiger partial charge in [0.15, 0.2) is 9.84 Å². The van der Waals surface area contributed by atoms with E-state index >= 15 is 0 Å². The zero-order valence-electron chi connectivity index (χ0n) is 9.65. The van der Waals surface area contributed by atoms with Crippen molar-refractivity contribution >= 4 is 31.7 Å². The van der Waals surface area contributed by atoms with Gasteiger partial charge in [0.1, 0.15) is 5.25 Å². The lowest BCUT2D eigenvalue weighted by atomic mass is 10.2. The molecule has 1 amide bonds. The third-order valence-corrected chi connectivity index (χ3v) is 5.14. The van der Waals surface area contributed by atoms with Crippen LogP contribution in [0.25, 0.3) is 0 Å². The summed E-state index contributed by atoms with van der Waals surface area (Å²) in [5, 5.41) is 2.50. The molecule has 0 aromatic carbocycles. The molecule has 1 heterocycles. The molecule has 1 fully saturated rings. The predicted molar refractivity (Wildman–Crippen MR) is 69.0 cm³/mol. The van der Waals surface area contributed by atoms with Crippen LogP contribution in [-0.2, 0) is 19.4 Å². The first-order valence-electron chi connectivity index (χ1n) is 5.71. The first kappa shape index (κ1) is 14.9. The molecule has 100 valence electrons. The summed E-state index contributed by atoms with van der Waals surface area (Å²) in [6.07, 6.45) is 1.91. The van der Waals surface area contributed by atoms with Crippen LogP contribution in [0, 0.1) is 0 Å². The minimum absolute atomic E-state index is 0.130. The molecule has 5 nitrogen and oxygen atoms in total. The summed E-state index contributed by atoms with van der Waals surface area (Å²) in [6, 6.07) is 0. The smallest absolute Gasteiger partial charge is 0.238 e. The van der Waals surface area contributed by atoms with Crippen LogP contribution in [0.4, 0.5) is 0 Å². The predicted octanol–water partition coefficient (Wildman–Crippen LogP) is 0.481. The molecule has 0 spiro atoms. The lowest BCUT2D eigenvalue weighted by molar-refractivity contribution is -0.121. The van der Waals surface area contributed by atoms with Crippen molar-refractivity contribution in [2.24, 2.45) is 0 Å². The number of halogens is 1. The van der Waals surface area contributed by atoms with Crippen LogP contribution in [0.15, 0.2) is 0 Å². The average Bonchev–Trinajstić information content (AvgIpc) is 2.28. The number of rotatable bonds is 6. The van der Waals surface area contributed by atoms with E-state index in [0.29, 0.717) is 32.6 Å². The molecule has 0 bridgehead atoms. The van der Waals surface area contributed by atoms with Gasteiger partial charge in [0, 0.05) is 11.9 Å². The Bertz CT molecular complexity index is 344. The fourth-order valence-corrected chi connectivity index (χ4v) is 3.82. The molecule has 1 N–H and O–H groups in total. The average molecular weight is 328 g/mol. The molecule has 7 heteroatoms. The highest BCUT2D eigenvalue weighted by atomic mass is 79.9. The maximum Gasteiger partial charge on any atom is 0.238 e. The third-order valence-electron chi connectivity index (χ3n) is 2.64. The molecular weight excluding hydrogens is 310 g/mol. The van der Waals surface area contributed by atoms with Crippen LogP contribution in [0.3, 0.4) is 0 Å². The maximum atomic E-state index is 11.7. The number of carbonyl (C=O) groups excluding carboxylic acids is 1. The van der Waals surface area contributed by atoms with Crippen LogP contribution in [0.5, 0.6) is 0 Å². The molecule has 1 saturated heterocycles. The zero-order valence-corrected chi connectivity index (χ0v) is 12.1. The minimum atomic E-state index is -3.23. The largest absolute Gasteiger partial charge is 0.379 e. The van der Waals surface area contributed by atoms with E-state index < -0.39 is 15.1 Å². The second kappa shape index (κ2) is 7.33. The van der Waals surface area contributed by atoms with E-state index in [1.165, 1.54) is 0 Å². The Labute approximate surface area is 110 Å². The highest BCUT2D eigenvalue weighted by Crippen LogP contribution is 2.19. The van der Waals surface area contributed by atoms with Crippen molar-refractivity contribution in [2.75, 3.05) is 30.8 Å². The van der Waals surface area contributed by atoms with Crippen molar-refractivity contribution in [3.05, 3.63) is 0 Å². The van der Waals surface area contributed by atoms with Crippen molar-refractivity contribution in [2.45, 2.75) is 24.5 Å². The van der Waals surface area contributed by atoms with Gasteiger partial charge < -0.3 is 10.1 Å². The van der Waals surface area contributed by atoms with Gasteiger partial charge in [-0.2, -0.15) is 0 Å². The van der Waals surface area contributed by atoms with Crippen LogP contribution in [0.2, 0.25) is 0 Å². The highest BCUT2D eigenvalue weighted by Gasteiger charge is 2.34. The topological polar surface area (TPSA) is 72.5 Å². The Morgan fingerprint density at radius 2 is 2.12 bits per heavy atom. The number of hydrogen-bond acceptors (Lipinski definition) is 4. The minimum Gasteiger partial charge on any atom is -0.379 e. The Morgan fingerprint density at radius 3 is 2.76 bits per heavy atom. The van der Waals surface area contributed by atoms with E-state index in [-0.39, 0.29) is 11.7 Å². The third kappa shape index (κ3) is 4.93. The Hall–Kier alpha value is -0.140. The van der Waals surface area contributed by atoms with Gasteiger partial charge in [-0.1, -0.05) is 22.4 Å². The number of hydrogen-bond donors (Lipinski definition) is 1. The molecule has 1 atom stereocenters. The van der Waals surface area contributed by atoms with Crippen LogP contribution < -0.4 is 5.32 Å². The van der Waals surface area contributed by atoms with E-state index in [9.17, 15) is 13.2 Å². The SMILES string of the molecule is O=C(NCCOCCBr)C1CCCCS1(=O)=O. The molecule has 1 aliphatic heterocycles. The first-order chi connectivity index (χ1) is 8.08. The lowest BCUT2D eigenvalue weighted by Gasteiger charge is -2.21. The van der Waals surface area contributed by atoms with Gasteiger partial charge in [0.05, 0.1) is 19.0 Å². The second-order valence-electron chi connectivity index (χ2n) is 3.94. The van der Waals surface area contributed by atoms with Gasteiger partial charge in [-0.15, -0.1) is 0 Å². The monoisotopic (exact) mass is 327 g/mol. The van der Waals surface area contributed by atoms with E-state index in [0.717, 1.165) is 11.8 Å². The van der Waals surface area contributed by atoms with Crippen molar-refractivity contribution in [1.29, 1.82) is 0 Å².